The molecule has 7 aromatic rings. The molecule has 11 heteroatoms. The highest BCUT2D eigenvalue weighted by molar-refractivity contribution is 5.78. The summed E-state index contributed by atoms with van der Waals surface area (Å²) >= 11 is 0. The second kappa shape index (κ2) is 7.22. The molecule has 0 saturated carbocycles. The van der Waals surface area contributed by atoms with Crippen LogP contribution in [0, 0.1) is 11.6 Å². The number of para-hydroxylation sites is 4. The van der Waals surface area contributed by atoms with Crippen molar-refractivity contribution in [2.75, 3.05) is 0 Å². The minimum Gasteiger partial charge on any atom is -0.434 e. The van der Waals surface area contributed by atoms with Gasteiger partial charge >= 0.3 is 0 Å². The number of fused-ring (bicyclic) bond motifs is 3. The van der Waals surface area contributed by atoms with Gasteiger partial charge in [-0.25, -0.2) is 23.7 Å². The lowest BCUT2D eigenvalue weighted by Crippen LogP contribution is -2.00. The van der Waals surface area contributed by atoms with Gasteiger partial charge in [-0.2, -0.15) is 15.0 Å². The number of nitrogens with zero attached hydrogens (tertiary/aromatic N) is 6. The lowest BCUT2D eigenvalue weighted by atomic mass is 10.3. The molecule has 168 valence electrons. The van der Waals surface area contributed by atoms with Crippen molar-refractivity contribution in [3.63, 3.8) is 0 Å². The van der Waals surface area contributed by atoms with Gasteiger partial charge in [0.15, 0.2) is 28.4 Å². The SMILES string of the molecule is Fc1cc2nc(-c3nc(-c4nc5ccccc5o4)nc(-c4nc5ccccc5o4)n3)oc2cc1F. The van der Waals surface area contributed by atoms with Gasteiger partial charge in [0.1, 0.15) is 16.6 Å². The molecule has 35 heavy (non-hydrogen) atoms. The topological polar surface area (TPSA) is 117 Å². The number of rotatable bonds is 3. The molecule has 0 N–H and O–H groups in total. The van der Waals surface area contributed by atoms with E-state index in [-0.39, 0.29) is 46.2 Å². The third-order valence-electron chi connectivity index (χ3n) is 5.23. The summed E-state index contributed by atoms with van der Waals surface area (Å²) in [7, 11) is 0. The summed E-state index contributed by atoms with van der Waals surface area (Å²) < 4.78 is 44.6. The monoisotopic (exact) mass is 468 g/mol. The second-order valence-electron chi connectivity index (χ2n) is 7.53. The van der Waals surface area contributed by atoms with Crippen LogP contribution in [0.25, 0.3) is 68.4 Å². The predicted molar refractivity (Wildman–Crippen MR) is 119 cm³/mol. The van der Waals surface area contributed by atoms with Crippen molar-refractivity contribution >= 4 is 33.3 Å². The van der Waals surface area contributed by atoms with E-state index in [9.17, 15) is 8.78 Å². The number of benzene rings is 3. The molecule has 0 bridgehead atoms. The van der Waals surface area contributed by atoms with E-state index in [0.717, 1.165) is 12.1 Å². The maximum Gasteiger partial charge on any atom is 0.266 e. The first-order valence-corrected chi connectivity index (χ1v) is 10.3. The Kier molecular flexibility index (Phi) is 4.00. The van der Waals surface area contributed by atoms with E-state index >= 15 is 0 Å². The maximum atomic E-state index is 13.7. The first kappa shape index (κ1) is 19.4. The maximum absolute atomic E-state index is 13.7. The standard InChI is InChI=1S/C24H10F2N6O3/c25-11-9-15-18(10-12(11)26)35-24(29-15)21-31-19(22-27-13-5-1-3-7-16(13)33-22)30-20(32-21)23-28-14-6-2-4-8-17(14)34-23/h1-10H. The highest BCUT2D eigenvalue weighted by Gasteiger charge is 2.22. The number of aromatic nitrogens is 6. The van der Waals surface area contributed by atoms with Crippen molar-refractivity contribution in [1.82, 2.24) is 29.9 Å². The van der Waals surface area contributed by atoms with Crippen LogP contribution >= 0.6 is 0 Å². The zero-order valence-corrected chi connectivity index (χ0v) is 17.4. The second-order valence-corrected chi connectivity index (χ2v) is 7.53. The number of oxazole rings is 3. The first-order valence-electron chi connectivity index (χ1n) is 10.3. The molecule has 4 aromatic heterocycles. The van der Waals surface area contributed by atoms with Crippen molar-refractivity contribution in [2.45, 2.75) is 0 Å². The third-order valence-corrected chi connectivity index (χ3v) is 5.23. The summed E-state index contributed by atoms with van der Waals surface area (Å²) in [5, 5.41) is 0. The van der Waals surface area contributed by atoms with Gasteiger partial charge in [-0.3, -0.25) is 0 Å². The van der Waals surface area contributed by atoms with Crippen LogP contribution in [0.5, 0.6) is 0 Å². The fourth-order valence-electron chi connectivity index (χ4n) is 3.62. The van der Waals surface area contributed by atoms with E-state index in [0.29, 0.717) is 22.2 Å². The highest BCUT2D eigenvalue weighted by Crippen LogP contribution is 2.29. The van der Waals surface area contributed by atoms with Gasteiger partial charge in [-0.1, -0.05) is 24.3 Å². The van der Waals surface area contributed by atoms with Crippen molar-refractivity contribution in [3.8, 4) is 35.1 Å². The van der Waals surface area contributed by atoms with E-state index in [1.54, 1.807) is 24.3 Å². The van der Waals surface area contributed by atoms with Crippen molar-refractivity contribution in [2.24, 2.45) is 0 Å². The van der Waals surface area contributed by atoms with Crippen molar-refractivity contribution in [3.05, 3.63) is 72.3 Å². The van der Waals surface area contributed by atoms with Crippen LogP contribution in [-0.4, -0.2) is 29.9 Å². The molecule has 0 atom stereocenters. The average molecular weight is 468 g/mol. The van der Waals surface area contributed by atoms with Crippen molar-refractivity contribution < 1.29 is 22.0 Å². The Morgan fingerprint density at radius 1 is 0.457 bits per heavy atom. The molecular weight excluding hydrogens is 458 g/mol. The van der Waals surface area contributed by atoms with Crippen LogP contribution in [-0.2, 0) is 0 Å². The van der Waals surface area contributed by atoms with Gasteiger partial charge in [0.2, 0.25) is 17.5 Å². The van der Waals surface area contributed by atoms with E-state index in [1.807, 2.05) is 24.3 Å². The summed E-state index contributed by atoms with van der Waals surface area (Å²) in [6, 6.07) is 16.2. The van der Waals surface area contributed by atoms with E-state index < -0.39 is 11.6 Å². The molecule has 0 saturated heterocycles. The summed E-state index contributed by atoms with van der Waals surface area (Å²) in [6.45, 7) is 0. The largest absolute Gasteiger partial charge is 0.434 e. The molecule has 0 radical (unpaired) electrons. The summed E-state index contributed by atoms with van der Waals surface area (Å²) in [5.74, 6) is -1.82. The zero-order chi connectivity index (χ0) is 23.5. The van der Waals surface area contributed by atoms with E-state index in [2.05, 4.69) is 29.9 Å². The molecule has 0 aliphatic rings. The molecular formula is C24H10F2N6O3. The summed E-state index contributed by atoms with van der Waals surface area (Å²) in [5.41, 5.74) is 2.44. The molecule has 3 aromatic carbocycles. The molecule has 0 aliphatic carbocycles. The minimum atomic E-state index is -1.06. The van der Waals surface area contributed by atoms with Crippen LogP contribution in [0.2, 0.25) is 0 Å². The van der Waals surface area contributed by atoms with Gasteiger partial charge < -0.3 is 13.3 Å². The van der Waals surface area contributed by atoms with Crippen LogP contribution < -0.4 is 0 Å². The van der Waals surface area contributed by atoms with Crippen LogP contribution in [0.3, 0.4) is 0 Å². The predicted octanol–water partition coefficient (Wildman–Crippen LogP) is 5.57. The lowest BCUT2D eigenvalue weighted by Gasteiger charge is -2.01. The third kappa shape index (κ3) is 3.21. The molecule has 7 rings (SSSR count). The fraction of sp³-hybridized carbons (Fsp3) is 0. The molecule has 0 aliphatic heterocycles. The van der Waals surface area contributed by atoms with Crippen molar-refractivity contribution in [1.29, 1.82) is 0 Å². The van der Waals surface area contributed by atoms with Crippen LogP contribution in [0.1, 0.15) is 0 Å². The highest BCUT2D eigenvalue weighted by atomic mass is 19.2. The number of hydrogen-bond donors (Lipinski definition) is 0. The van der Waals surface area contributed by atoms with Crippen LogP contribution in [0.4, 0.5) is 8.78 Å². The van der Waals surface area contributed by atoms with E-state index in [1.165, 1.54) is 0 Å². The smallest absolute Gasteiger partial charge is 0.266 e. The minimum absolute atomic E-state index is 0.0217. The number of halogens is 2. The quantitative estimate of drug-likeness (QED) is 0.328. The van der Waals surface area contributed by atoms with Gasteiger partial charge in [-0.05, 0) is 24.3 Å². The molecule has 0 amide bonds. The Hall–Kier alpha value is -5.06. The molecule has 4 heterocycles. The fourth-order valence-corrected chi connectivity index (χ4v) is 3.62. The Bertz CT molecular complexity index is 1710. The Labute approximate surface area is 193 Å². The lowest BCUT2D eigenvalue weighted by molar-refractivity contribution is 0.507. The first-order chi connectivity index (χ1) is 17.1. The molecule has 0 spiro atoms. The Morgan fingerprint density at radius 2 is 0.886 bits per heavy atom. The zero-order valence-electron chi connectivity index (χ0n) is 17.4. The van der Waals surface area contributed by atoms with Gasteiger partial charge in [0.25, 0.3) is 17.7 Å². The van der Waals surface area contributed by atoms with Crippen LogP contribution in [0.15, 0.2) is 73.9 Å². The summed E-state index contributed by atoms with van der Waals surface area (Å²) in [4.78, 5) is 26.3. The average Bonchev–Trinajstić information content (AvgIpc) is 3.60. The van der Waals surface area contributed by atoms with Gasteiger partial charge in [0, 0.05) is 12.1 Å². The van der Waals surface area contributed by atoms with Gasteiger partial charge in [0.05, 0.1) is 0 Å². The summed E-state index contributed by atoms with van der Waals surface area (Å²) in [6.07, 6.45) is 0. The molecule has 0 fully saturated rings. The normalized spacial score (nSPS) is 11.7. The van der Waals surface area contributed by atoms with E-state index in [4.69, 9.17) is 13.3 Å². The van der Waals surface area contributed by atoms with Gasteiger partial charge in [-0.15, -0.1) is 0 Å². The Balaban J connectivity index is 1.45. The Morgan fingerprint density at radius 3 is 1.40 bits per heavy atom. The molecule has 0 unspecified atom stereocenters. The number of hydrogen-bond acceptors (Lipinski definition) is 9. The molecule has 9 nitrogen and oxygen atoms in total.